The number of unbranched alkanes of at least 4 members (excludes halogenated alkanes) is 1. The van der Waals surface area contributed by atoms with Crippen LogP contribution in [0.25, 0.3) is 0 Å². The van der Waals surface area contributed by atoms with Gasteiger partial charge in [0.05, 0.1) is 5.92 Å². The van der Waals surface area contributed by atoms with Crippen molar-refractivity contribution in [2.75, 3.05) is 0 Å². The third-order valence-corrected chi connectivity index (χ3v) is 1.32. The molecule has 0 amide bonds. The SMILES string of the molecule is [2H]C([2H])([2H])C([2H])([2H])C(CCCC)C(=O)O. The van der Waals surface area contributed by atoms with Crippen molar-refractivity contribution >= 4 is 5.97 Å². The van der Waals surface area contributed by atoms with E-state index in [4.69, 9.17) is 12.0 Å². The van der Waals surface area contributed by atoms with Crippen LogP contribution in [0.15, 0.2) is 0 Å². The predicted molar refractivity (Wildman–Crippen MR) is 40.9 cm³/mol. The lowest BCUT2D eigenvalue weighted by atomic mass is 10.00. The van der Waals surface area contributed by atoms with E-state index in [-0.39, 0.29) is 6.42 Å². The van der Waals surface area contributed by atoms with Gasteiger partial charge in [0.25, 0.3) is 0 Å². The summed E-state index contributed by atoms with van der Waals surface area (Å²) in [5, 5.41) is 8.81. The standard InChI is InChI=1S/C8H16O2/c1-3-5-6-7(4-2)8(9)10/h7H,3-6H2,1-2H3,(H,9,10)/i2D3,4D2. The Kier molecular flexibility index (Phi) is 1.97. The largest absolute Gasteiger partial charge is 0.481 e. The fraction of sp³-hybridized carbons (Fsp3) is 0.875. The normalized spacial score (nSPS) is 23.1. The Labute approximate surface area is 69.3 Å². The maximum Gasteiger partial charge on any atom is 0.306 e. The summed E-state index contributed by atoms with van der Waals surface area (Å²) in [4.78, 5) is 10.8. The first-order chi connectivity index (χ1) is 6.64. The van der Waals surface area contributed by atoms with Gasteiger partial charge >= 0.3 is 5.97 Å². The van der Waals surface area contributed by atoms with Crippen molar-refractivity contribution < 1.29 is 16.8 Å². The van der Waals surface area contributed by atoms with Crippen LogP contribution in [0, 0.1) is 5.92 Å². The number of carboxylic acid groups (broad SMARTS) is 1. The summed E-state index contributed by atoms with van der Waals surface area (Å²) in [6.07, 6.45) is -1.40. The zero-order chi connectivity index (χ0) is 12.3. The van der Waals surface area contributed by atoms with Gasteiger partial charge in [0, 0.05) is 6.85 Å². The highest BCUT2D eigenvalue weighted by Crippen LogP contribution is 2.11. The second kappa shape index (κ2) is 5.27. The molecule has 1 N–H and O–H groups in total. The van der Waals surface area contributed by atoms with E-state index in [1.165, 1.54) is 0 Å². The minimum Gasteiger partial charge on any atom is -0.481 e. The van der Waals surface area contributed by atoms with Crippen LogP contribution in [-0.2, 0) is 4.79 Å². The van der Waals surface area contributed by atoms with Crippen LogP contribution in [-0.4, -0.2) is 11.1 Å². The van der Waals surface area contributed by atoms with Crippen LogP contribution in [0.3, 0.4) is 0 Å². The minimum absolute atomic E-state index is 0.0528. The molecule has 0 saturated heterocycles. The van der Waals surface area contributed by atoms with Crippen molar-refractivity contribution in [3.63, 3.8) is 0 Å². The van der Waals surface area contributed by atoms with Gasteiger partial charge in [-0.2, -0.15) is 0 Å². The Balaban J connectivity index is 4.82. The van der Waals surface area contributed by atoms with Crippen molar-refractivity contribution in [1.82, 2.24) is 0 Å². The molecule has 0 fully saturated rings. The molecule has 0 heterocycles. The molecule has 0 bridgehead atoms. The average Bonchev–Trinajstić information content (AvgIpc) is 2.01. The maximum atomic E-state index is 10.8. The van der Waals surface area contributed by atoms with Crippen LogP contribution < -0.4 is 0 Å². The molecule has 0 radical (unpaired) electrons. The minimum atomic E-state index is -2.90. The topological polar surface area (TPSA) is 37.3 Å². The summed E-state index contributed by atoms with van der Waals surface area (Å²) in [7, 11) is 0. The first-order valence-corrected chi connectivity index (χ1v) is 3.37. The molecular weight excluding hydrogens is 128 g/mol. The summed E-state index contributed by atoms with van der Waals surface area (Å²) >= 11 is 0. The maximum absolute atomic E-state index is 10.8. The van der Waals surface area contributed by atoms with Gasteiger partial charge in [-0.1, -0.05) is 26.6 Å². The summed E-state index contributed by atoms with van der Waals surface area (Å²) in [6, 6.07) is 0. The summed E-state index contributed by atoms with van der Waals surface area (Å²) in [6.45, 7) is -1.06. The van der Waals surface area contributed by atoms with Crippen molar-refractivity contribution in [3.8, 4) is 0 Å². The van der Waals surface area contributed by atoms with Crippen LogP contribution in [0.5, 0.6) is 0 Å². The molecule has 1 atom stereocenters. The second-order valence-electron chi connectivity index (χ2n) is 2.18. The molecule has 10 heavy (non-hydrogen) atoms. The number of hydrogen-bond acceptors (Lipinski definition) is 1. The fourth-order valence-corrected chi connectivity index (χ4v) is 0.666. The lowest BCUT2D eigenvalue weighted by Gasteiger charge is -2.06. The monoisotopic (exact) mass is 149 g/mol. The third-order valence-electron chi connectivity index (χ3n) is 1.32. The zero-order valence-corrected chi connectivity index (χ0v) is 6.05. The molecular formula is C8H16O2. The number of rotatable bonds is 5. The highest BCUT2D eigenvalue weighted by molar-refractivity contribution is 5.69. The Morgan fingerprint density at radius 2 is 2.60 bits per heavy atom. The van der Waals surface area contributed by atoms with Gasteiger partial charge < -0.3 is 5.11 Å². The molecule has 0 spiro atoms. The van der Waals surface area contributed by atoms with E-state index in [2.05, 4.69) is 0 Å². The van der Waals surface area contributed by atoms with E-state index < -0.39 is 25.1 Å². The van der Waals surface area contributed by atoms with Crippen molar-refractivity contribution in [1.29, 1.82) is 0 Å². The first-order valence-electron chi connectivity index (χ1n) is 5.87. The second-order valence-corrected chi connectivity index (χ2v) is 2.18. The van der Waals surface area contributed by atoms with E-state index in [0.717, 1.165) is 0 Å². The molecule has 1 unspecified atom stereocenters. The molecule has 0 aliphatic heterocycles. The summed E-state index contributed by atoms with van der Waals surface area (Å²) in [5.74, 6) is -2.85. The molecule has 60 valence electrons. The summed E-state index contributed by atoms with van der Waals surface area (Å²) in [5.41, 5.74) is 0. The van der Waals surface area contributed by atoms with Crippen LogP contribution >= 0.6 is 0 Å². The zero-order valence-electron chi connectivity index (χ0n) is 11.1. The van der Waals surface area contributed by atoms with E-state index in [1.807, 2.05) is 6.92 Å². The molecule has 2 nitrogen and oxygen atoms in total. The summed E-state index contributed by atoms with van der Waals surface area (Å²) < 4.78 is 35.7. The lowest BCUT2D eigenvalue weighted by Crippen LogP contribution is -2.11. The first kappa shape index (κ1) is 3.74. The number of carboxylic acids is 1. The fourth-order valence-electron chi connectivity index (χ4n) is 0.666. The lowest BCUT2D eigenvalue weighted by molar-refractivity contribution is -0.142. The number of aliphatic carboxylic acids is 1. The molecule has 0 aromatic rings. The quantitative estimate of drug-likeness (QED) is 0.651. The van der Waals surface area contributed by atoms with Crippen LogP contribution in [0.4, 0.5) is 0 Å². The van der Waals surface area contributed by atoms with Gasteiger partial charge in [-0.15, -0.1) is 0 Å². The van der Waals surface area contributed by atoms with Gasteiger partial charge in [0.1, 0.15) is 0 Å². The molecule has 0 rings (SSSR count). The number of carbonyl (C=O) groups is 1. The predicted octanol–water partition coefficient (Wildman–Crippen LogP) is 2.29. The van der Waals surface area contributed by atoms with Gasteiger partial charge in [-0.25, -0.2) is 0 Å². The van der Waals surface area contributed by atoms with Crippen molar-refractivity contribution in [2.45, 2.75) is 39.4 Å². The molecule has 0 aromatic heterocycles. The Morgan fingerprint density at radius 3 is 3.00 bits per heavy atom. The molecule has 0 aromatic carbocycles. The van der Waals surface area contributed by atoms with E-state index >= 15 is 0 Å². The van der Waals surface area contributed by atoms with E-state index in [9.17, 15) is 4.79 Å². The smallest absolute Gasteiger partial charge is 0.306 e. The van der Waals surface area contributed by atoms with Crippen molar-refractivity contribution in [3.05, 3.63) is 0 Å². The highest BCUT2D eigenvalue weighted by Gasteiger charge is 2.12. The van der Waals surface area contributed by atoms with Gasteiger partial charge in [-0.3, -0.25) is 4.79 Å². The molecule has 2 heteroatoms. The molecule has 0 aliphatic carbocycles. The van der Waals surface area contributed by atoms with Crippen LogP contribution in [0.1, 0.15) is 46.3 Å². The average molecular weight is 149 g/mol. The number of hydrogen-bond donors (Lipinski definition) is 1. The van der Waals surface area contributed by atoms with Gasteiger partial charge in [0.15, 0.2) is 0 Å². The van der Waals surface area contributed by atoms with E-state index in [0.29, 0.717) is 12.8 Å². The van der Waals surface area contributed by atoms with Gasteiger partial charge in [0.2, 0.25) is 0 Å². The third kappa shape index (κ3) is 3.49. The highest BCUT2D eigenvalue weighted by atomic mass is 16.4. The molecule has 0 aliphatic rings. The Bertz CT molecular complexity index is 224. The van der Waals surface area contributed by atoms with E-state index in [1.54, 1.807) is 0 Å². The Morgan fingerprint density at radius 1 is 1.90 bits per heavy atom. The van der Waals surface area contributed by atoms with Crippen molar-refractivity contribution in [2.24, 2.45) is 5.92 Å². The Hall–Kier alpha value is -0.530. The van der Waals surface area contributed by atoms with Gasteiger partial charge in [-0.05, 0) is 12.8 Å². The molecule has 0 saturated carbocycles. The van der Waals surface area contributed by atoms with Crippen LogP contribution in [0.2, 0.25) is 0 Å².